The highest BCUT2D eigenvalue weighted by Crippen LogP contribution is 2.49. The molecule has 1 heterocycles. The van der Waals surface area contributed by atoms with Crippen LogP contribution in [0.15, 0.2) is 58.9 Å². The molecular formula is C26H26N2O8. The first-order valence-corrected chi connectivity index (χ1v) is 11.2. The number of phenols is 1. The summed E-state index contributed by atoms with van der Waals surface area (Å²) in [6.07, 6.45) is 0.614. The number of methoxy groups -OCH3 is 3. The summed E-state index contributed by atoms with van der Waals surface area (Å²) >= 11 is 0. The first-order valence-electron chi connectivity index (χ1n) is 11.2. The van der Waals surface area contributed by atoms with Crippen LogP contribution in [0, 0.1) is 10.1 Å². The van der Waals surface area contributed by atoms with E-state index in [-0.39, 0.29) is 35.0 Å². The zero-order valence-electron chi connectivity index (χ0n) is 20.3. The van der Waals surface area contributed by atoms with E-state index in [0.717, 1.165) is 11.6 Å². The van der Waals surface area contributed by atoms with Crippen LogP contribution in [0.25, 0.3) is 0 Å². The van der Waals surface area contributed by atoms with Gasteiger partial charge in [-0.2, -0.15) is 0 Å². The number of phenolic OH excluding ortho intramolecular Hbond substituents is 1. The second-order valence-electron chi connectivity index (χ2n) is 8.60. The number of aromatic hydroxyl groups is 1. The molecule has 2 aromatic carbocycles. The molecule has 0 amide bonds. The van der Waals surface area contributed by atoms with Crippen molar-refractivity contribution in [2.75, 3.05) is 21.3 Å². The Hall–Kier alpha value is -4.34. The number of Topliss-reactive ketones (excluding diaryl/α,β-unsaturated/α-hetero) is 1. The van der Waals surface area contributed by atoms with Crippen molar-refractivity contribution in [1.29, 1.82) is 0 Å². The van der Waals surface area contributed by atoms with E-state index in [2.05, 4.69) is 5.32 Å². The lowest BCUT2D eigenvalue weighted by Gasteiger charge is -2.36. The minimum absolute atomic E-state index is 0.142. The number of nitrogens with zero attached hydrogens (tertiary/aromatic N) is 1. The quantitative estimate of drug-likeness (QED) is 0.348. The van der Waals surface area contributed by atoms with Crippen molar-refractivity contribution in [2.45, 2.75) is 31.6 Å². The van der Waals surface area contributed by atoms with Gasteiger partial charge in [-0.1, -0.05) is 18.2 Å². The lowest BCUT2D eigenvalue weighted by atomic mass is 9.71. The number of carbonyl (C=O) groups is 2. The molecule has 0 saturated heterocycles. The Morgan fingerprint density at radius 2 is 1.81 bits per heavy atom. The molecule has 0 aromatic heterocycles. The van der Waals surface area contributed by atoms with Crippen molar-refractivity contribution >= 4 is 17.4 Å². The third-order valence-electron chi connectivity index (χ3n) is 6.64. The normalized spacial score (nSPS) is 19.4. The molecule has 4 rings (SSSR count). The van der Waals surface area contributed by atoms with Crippen LogP contribution in [0.4, 0.5) is 5.69 Å². The van der Waals surface area contributed by atoms with Crippen LogP contribution in [-0.2, 0) is 14.3 Å². The Morgan fingerprint density at radius 1 is 1.11 bits per heavy atom. The molecule has 0 saturated carbocycles. The fraction of sp³-hybridized carbons (Fsp3) is 0.308. The highest BCUT2D eigenvalue weighted by Gasteiger charge is 2.42. The highest BCUT2D eigenvalue weighted by atomic mass is 16.6. The highest BCUT2D eigenvalue weighted by molar-refractivity contribution is 6.04. The topological polar surface area (TPSA) is 137 Å². The molecule has 2 aliphatic rings. The monoisotopic (exact) mass is 494 g/mol. The molecule has 2 unspecified atom stereocenters. The van der Waals surface area contributed by atoms with Gasteiger partial charge in [-0.15, -0.1) is 0 Å². The van der Waals surface area contributed by atoms with Gasteiger partial charge in [-0.3, -0.25) is 14.9 Å². The van der Waals surface area contributed by atoms with Crippen molar-refractivity contribution < 1.29 is 33.8 Å². The number of para-hydroxylation sites is 1. The average molecular weight is 495 g/mol. The first kappa shape index (κ1) is 24.8. The van der Waals surface area contributed by atoms with E-state index in [0.29, 0.717) is 29.1 Å². The summed E-state index contributed by atoms with van der Waals surface area (Å²) in [4.78, 5) is 37.4. The zero-order valence-corrected chi connectivity index (χ0v) is 20.3. The fourth-order valence-electron chi connectivity index (χ4n) is 5.05. The van der Waals surface area contributed by atoms with Crippen molar-refractivity contribution in [1.82, 2.24) is 5.32 Å². The van der Waals surface area contributed by atoms with Crippen LogP contribution in [0.2, 0.25) is 0 Å². The molecular weight excluding hydrogens is 468 g/mol. The molecule has 36 heavy (non-hydrogen) atoms. The van der Waals surface area contributed by atoms with Gasteiger partial charge < -0.3 is 24.6 Å². The summed E-state index contributed by atoms with van der Waals surface area (Å²) in [5.41, 5.74) is 2.12. The second-order valence-corrected chi connectivity index (χ2v) is 8.60. The number of carbonyl (C=O) groups excluding carboxylic acids is 2. The Morgan fingerprint density at radius 3 is 2.44 bits per heavy atom. The van der Waals surface area contributed by atoms with Gasteiger partial charge in [0.2, 0.25) is 5.75 Å². The second kappa shape index (κ2) is 9.73. The number of allylic oxidation sites excluding steroid dienone is 3. The van der Waals surface area contributed by atoms with E-state index in [4.69, 9.17) is 14.2 Å². The Bertz CT molecular complexity index is 1330. The average Bonchev–Trinajstić information content (AvgIpc) is 2.87. The lowest BCUT2D eigenvalue weighted by Crippen LogP contribution is -2.36. The third-order valence-corrected chi connectivity index (χ3v) is 6.64. The first-order chi connectivity index (χ1) is 17.2. The van der Waals surface area contributed by atoms with Crippen molar-refractivity contribution in [3.05, 3.63) is 80.2 Å². The maximum Gasteiger partial charge on any atom is 0.336 e. The Labute approximate surface area is 207 Å². The van der Waals surface area contributed by atoms with Gasteiger partial charge in [-0.05, 0) is 36.6 Å². The van der Waals surface area contributed by atoms with Gasteiger partial charge in [0.1, 0.15) is 5.75 Å². The maximum atomic E-state index is 13.7. The number of hydrogen-bond acceptors (Lipinski definition) is 9. The molecule has 0 spiro atoms. The number of rotatable bonds is 6. The summed E-state index contributed by atoms with van der Waals surface area (Å²) in [5.74, 6) is -2.12. The molecule has 1 aliphatic carbocycles. The van der Waals surface area contributed by atoms with Crippen molar-refractivity contribution in [3.8, 4) is 17.2 Å². The third kappa shape index (κ3) is 4.15. The van der Waals surface area contributed by atoms with Crippen LogP contribution in [-0.4, -0.2) is 43.1 Å². The van der Waals surface area contributed by atoms with Crippen molar-refractivity contribution in [3.63, 3.8) is 0 Å². The molecule has 10 nitrogen and oxygen atoms in total. The van der Waals surface area contributed by atoms with E-state index in [9.17, 15) is 24.8 Å². The summed E-state index contributed by atoms with van der Waals surface area (Å²) in [6.45, 7) is 1.69. The Kier molecular flexibility index (Phi) is 6.69. The van der Waals surface area contributed by atoms with Gasteiger partial charge >= 0.3 is 11.7 Å². The summed E-state index contributed by atoms with van der Waals surface area (Å²) in [7, 11) is 4.06. The van der Waals surface area contributed by atoms with Crippen LogP contribution < -0.4 is 14.8 Å². The molecule has 0 bridgehead atoms. The zero-order chi connectivity index (χ0) is 26.1. The number of esters is 1. The van der Waals surface area contributed by atoms with E-state index in [1.165, 1.54) is 20.3 Å². The Balaban J connectivity index is 1.90. The number of nitro groups is 1. The minimum atomic E-state index is -0.951. The summed E-state index contributed by atoms with van der Waals surface area (Å²) in [5, 5.41) is 25.1. The predicted molar refractivity (Wildman–Crippen MR) is 129 cm³/mol. The smallest absolute Gasteiger partial charge is 0.336 e. The van der Waals surface area contributed by atoms with Crippen LogP contribution in [0.5, 0.6) is 17.2 Å². The largest absolute Gasteiger partial charge is 0.500 e. The van der Waals surface area contributed by atoms with Crippen molar-refractivity contribution in [2.24, 2.45) is 0 Å². The molecule has 2 N–H and O–H groups in total. The van der Waals surface area contributed by atoms with Crippen LogP contribution >= 0.6 is 0 Å². The molecule has 2 aromatic rings. The SMILES string of the molecule is COC(=O)C1=C(C)NC2=C(C(=O)CC(c3ccccc3OC)C2)C1c1cc(OC)c(O)c([N+](=O)[O-])c1. The van der Waals surface area contributed by atoms with Crippen LogP contribution in [0.3, 0.4) is 0 Å². The van der Waals surface area contributed by atoms with Crippen LogP contribution in [0.1, 0.15) is 42.7 Å². The molecule has 0 fully saturated rings. The number of dihydropyridines is 1. The minimum Gasteiger partial charge on any atom is -0.500 e. The summed E-state index contributed by atoms with van der Waals surface area (Å²) in [6, 6.07) is 10.1. The van der Waals surface area contributed by atoms with Gasteiger partial charge in [0.15, 0.2) is 11.5 Å². The molecule has 188 valence electrons. The van der Waals surface area contributed by atoms with E-state index < -0.39 is 28.2 Å². The van der Waals surface area contributed by atoms with E-state index in [1.807, 2.05) is 24.3 Å². The number of nitro benzene ring substituents is 1. The number of hydrogen-bond donors (Lipinski definition) is 2. The molecule has 2 atom stereocenters. The number of ketones is 1. The standard InChI is InChI=1S/C26H26N2O8/c1-13-22(26(31)36-4)23(15-10-18(28(32)33)25(30)21(12-15)35-3)24-17(27-13)9-14(11-19(24)29)16-7-5-6-8-20(16)34-2/h5-8,10,12,14,23,27,30H,9,11H2,1-4H3. The van der Waals surface area contributed by atoms with E-state index in [1.54, 1.807) is 14.0 Å². The molecule has 10 heteroatoms. The molecule has 1 aliphatic heterocycles. The molecule has 0 radical (unpaired) electrons. The van der Waals surface area contributed by atoms with Gasteiger partial charge in [0.25, 0.3) is 0 Å². The maximum absolute atomic E-state index is 13.7. The summed E-state index contributed by atoms with van der Waals surface area (Å²) < 4.78 is 15.7. The van der Waals surface area contributed by atoms with Gasteiger partial charge in [0, 0.05) is 41.3 Å². The fourth-order valence-corrected chi connectivity index (χ4v) is 5.05. The van der Waals surface area contributed by atoms with E-state index >= 15 is 0 Å². The lowest BCUT2D eigenvalue weighted by molar-refractivity contribution is -0.386. The number of benzene rings is 2. The number of ether oxygens (including phenoxy) is 3. The number of nitrogens with one attached hydrogen (secondary N) is 1. The van der Waals surface area contributed by atoms with Gasteiger partial charge in [-0.25, -0.2) is 4.79 Å². The predicted octanol–water partition coefficient (Wildman–Crippen LogP) is 3.85. The van der Waals surface area contributed by atoms with Gasteiger partial charge in [0.05, 0.1) is 31.8 Å².